The molecule has 3 rings (SSSR count). The zero-order valence-corrected chi connectivity index (χ0v) is 18.5. The number of thioether (sulfide) groups is 1. The number of nitriles is 1. The molecule has 0 amide bonds. The molecule has 0 bridgehead atoms. The first-order chi connectivity index (χ1) is 15.0. The van der Waals surface area contributed by atoms with Crippen LogP contribution in [0, 0.1) is 17.1 Å². The maximum atomic E-state index is 14.1. The van der Waals surface area contributed by atoms with Gasteiger partial charge in [0.05, 0.1) is 4.90 Å². The Morgan fingerprint density at radius 3 is 2.23 bits per heavy atom. The molecule has 0 saturated heterocycles. The summed E-state index contributed by atoms with van der Waals surface area (Å²) in [4.78, 5) is -0.368. The molecule has 0 aliphatic heterocycles. The Hall–Kier alpha value is -3.08. The van der Waals surface area contributed by atoms with Crippen molar-refractivity contribution in [1.82, 2.24) is 0 Å². The van der Waals surface area contributed by atoms with E-state index in [-0.39, 0.29) is 21.5 Å². The van der Waals surface area contributed by atoms with Gasteiger partial charge >= 0.3 is 0 Å². The van der Waals surface area contributed by atoms with E-state index in [0.29, 0.717) is 11.3 Å². The molecule has 0 spiro atoms. The van der Waals surface area contributed by atoms with Gasteiger partial charge in [0.15, 0.2) is 4.91 Å². The molecule has 0 unspecified atom stereocenters. The van der Waals surface area contributed by atoms with Gasteiger partial charge in [0.1, 0.15) is 16.9 Å². The van der Waals surface area contributed by atoms with E-state index < -0.39 is 14.7 Å². The fourth-order valence-electron chi connectivity index (χ4n) is 2.95. The quantitative estimate of drug-likeness (QED) is 0.431. The number of para-hydroxylation sites is 1. The van der Waals surface area contributed by atoms with Crippen molar-refractivity contribution in [3.05, 3.63) is 106 Å². The molecule has 7 heteroatoms. The summed E-state index contributed by atoms with van der Waals surface area (Å²) in [6, 6.07) is 23.5. The summed E-state index contributed by atoms with van der Waals surface area (Å²) in [6.07, 6.45) is 0.724. The SMILES string of the molecule is CCc1ccccc1NC(SCc1ccccc1F)=C(C#N)S(=O)(=O)c1ccccc1. The van der Waals surface area contributed by atoms with Crippen molar-refractivity contribution in [2.75, 3.05) is 5.32 Å². The minimum absolute atomic E-state index is 0.0288. The van der Waals surface area contributed by atoms with Crippen LogP contribution in [0.5, 0.6) is 0 Å². The molecule has 1 N–H and O–H groups in total. The van der Waals surface area contributed by atoms with Gasteiger partial charge < -0.3 is 5.32 Å². The molecule has 4 nitrogen and oxygen atoms in total. The Morgan fingerprint density at radius 1 is 0.968 bits per heavy atom. The predicted molar refractivity (Wildman–Crippen MR) is 123 cm³/mol. The van der Waals surface area contributed by atoms with E-state index in [1.807, 2.05) is 37.3 Å². The lowest BCUT2D eigenvalue weighted by molar-refractivity contribution is 0.603. The van der Waals surface area contributed by atoms with Crippen LogP contribution in [0.3, 0.4) is 0 Å². The molecule has 0 fully saturated rings. The summed E-state index contributed by atoms with van der Waals surface area (Å²) in [5.41, 5.74) is 2.10. The average molecular weight is 453 g/mol. The van der Waals surface area contributed by atoms with Crippen LogP contribution in [0.25, 0.3) is 0 Å². The zero-order chi connectivity index (χ0) is 22.3. The van der Waals surface area contributed by atoms with Crippen molar-refractivity contribution in [3.8, 4) is 6.07 Å². The Labute approximate surface area is 186 Å². The molecular formula is C24H21FN2O2S2. The fraction of sp³-hybridized carbons (Fsp3) is 0.125. The van der Waals surface area contributed by atoms with Crippen LogP contribution in [0.4, 0.5) is 10.1 Å². The molecule has 3 aromatic carbocycles. The lowest BCUT2D eigenvalue weighted by atomic mass is 10.1. The van der Waals surface area contributed by atoms with Crippen molar-refractivity contribution < 1.29 is 12.8 Å². The summed E-state index contributed by atoms with van der Waals surface area (Å²) in [6.45, 7) is 1.99. The first kappa shape index (κ1) is 22.6. The third-order valence-corrected chi connectivity index (χ3v) is 7.51. The summed E-state index contributed by atoms with van der Waals surface area (Å²) in [5.74, 6) is -0.216. The second-order valence-electron chi connectivity index (χ2n) is 6.60. The van der Waals surface area contributed by atoms with Gasteiger partial charge in [0, 0.05) is 11.4 Å². The van der Waals surface area contributed by atoms with E-state index in [1.54, 1.807) is 36.4 Å². The Bertz CT molecular complexity index is 1230. The largest absolute Gasteiger partial charge is 0.348 e. The van der Waals surface area contributed by atoms with Crippen LogP contribution >= 0.6 is 11.8 Å². The minimum atomic E-state index is -4.06. The van der Waals surface area contributed by atoms with Crippen molar-refractivity contribution in [3.63, 3.8) is 0 Å². The molecule has 0 aliphatic carbocycles. The molecular weight excluding hydrogens is 431 g/mol. The molecule has 0 saturated carbocycles. The smallest absolute Gasteiger partial charge is 0.219 e. The normalized spacial score (nSPS) is 12.0. The topological polar surface area (TPSA) is 70.0 Å². The van der Waals surface area contributed by atoms with Gasteiger partial charge in [-0.25, -0.2) is 12.8 Å². The van der Waals surface area contributed by atoms with Gasteiger partial charge in [-0.2, -0.15) is 5.26 Å². The highest BCUT2D eigenvalue weighted by Gasteiger charge is 2.26. The van der Waals surface area contributed by atoms with Gasteiger partial charge in [-0.05, 0) is 41.8 Å². The van der Waals surface area contributed by atoms with E-state index in [1.165, 1.54) is 18.2 Å². The number of benzene rings is 3. The molecule has 3 aromatic rings. The van der Waals surface area contributed by atoms with E-state index >= 15 is 0 Å². The lowest BCUT2D eigenvalue weighted by Gasteiger charge is -2.16. The third-order valence-electron chi connectivity index (χ3n) is 4.61. The maximum Gasteiger partial charge on any atom is 0.219 e. The van der Waals surface area contributed by atoms with Crippen LogP contribution in [0.1, 0.15) is 18.1 Å². The number of allylic oxidation sites excluding steroid dienone is 1. The summed E-state index contributed by atoms with van der Waals surface area (Å²) in [5, 5.41) is 13.1. The Balaban J connectivity index is 2.08. The molecule has 0 aromatic heterocycles. The number of nitrogens with zero attached hydrogens (tertiary/aromatic N) is 1. The summed E-state index contributed by atoms with van der Waals surface area (Å²) >= 11 is 1.08. The molecule has 0 radical (unpaired) electrons. The molecule has 0 heterocycles. The standard InChI is InChI=1S/C24H21FN2O2S2/c1-2-18-10-7-9-15-22(18)27-24(30-17-19-11-6-8-14-21(19)25)23(16-26)31(28,29)20-12-4-3-5-13-20/h3-15,27H,2,17H2,1H3. The number of halogens is 1. The highest BCUT2D eigenvalue weighted by molar-refractivity contribution is 8.04. The number of rotatable bonds is 8. The van der Waals surface area contributed by atoms with Gasteiger partial charge in [-0.1, -0.05) is 61.5 Å². The highest BCUT2D eigenvalue weighted by Crippen LogP contribution is 2.32. The number of hydrogen-bond acceptors (Lipinski definition) is 5. The third kappa shape index (κ3) is 5.35. The van der Waals surface area contributed by atoms with E-state index in [9.17, 15) is 18.1 Å². The lowest BCUT2D eigenvalue weighted by Crippen LogP contribution is -2.11. The van der Waals surface area contributed by atoms with E-state index in [0.717, 1.165) is 23.7 Å². The molecule has 0 aliphatic rings. The highest BCUT2D eigenvalue weighted by atomic mass is 32.2. The summed E-state index contributed by atoms with van der Waals surface area (Å²) < 4.78 is 40.6. The number of anilines is 1. The average Bonchev–Trinajstić information content (AvgIpc) is 2.79. The Kier molecular flexibility index (Phi) is 7.50. The van der Waals surface area contributed by atoms with Crippen molar-refractivity contribution in [2.24, 2.45) is 0 Å². The molecule has 31 heavy (non-hydrogen) atoms. The van der Waals surface area contributed by atoms with Crippen LogP contribution in [-0.2, 0) is 22.0 Å². The van der Waals surface area contributed by atoms with Crippen LogP contribution in [0.15, 0.2) is 93.7 Å². The van der Waals surface area contributed by atoms with Crippen molar-refractivity contribution >= 4 is 27.3 Å². The maximum absolute atomic E-state index is 14.1. The number of aryl methyl sites for hydroxylation is 1. The monoisotopic (exact) mass is 452 g/mol. The second kappa shape index (κ2) is 10.3. The van der Waals surface area contributed by atoms with E-state index in [4.69, 9.17) is 0 Å². The number of nitrogens with one attached hydrogen (secondary N) is 1. The first-order valence-electron chi connectivity index (χ1n) is 9.63. The van der Waals surface area contributed by atoms with Gasteiger partial charge in [0.25, 0.3) is 0 Å². The van der Waals surface area contributed by atoms with Crippen LogP contribution in [-0.4, -0.2) is 8.42 Å². The molecule has 158 valence electrons. The van der Waals surface area contributed by atoms with Crippen molar-refractivity contribution in [1.29, 1.82) is 5.26 Å². The predicted octanol–water partition coefficient (Wildman–Crippen LogP) is 5.90. The van der Waals surface area contributed by atoms with E-state index in [2.05, 4.69) is 5.32 Å². The minimum Gasteiger partial charge on any atom is -0.348 e. The Morgan fingerprint density at radius 2 is 1.58 bits per heavy atom. The number of hydrogen-bond donors (Lipinski definition) is 1. The molecule has 0 atom stereocenters. The number of sulfone groups is 1. The van der Waals surface area contributed by atoms with Crippen LogP contribution in [0.2, 0.25) is 0 Å². The van der Waals surface area contributed by atoms with Gasteiger partial charge in [0.2, 0.25) is 9.84 Å². The van der Waals surface area contributed by atoms with Gasteiger partial charge in [-0.15, -0.1) is 11.8 Å². The second-order valence-corrected chi connectivity index (χ2v) is 9.47. The van der Waals surface area contributed by atoms with Crippen LogP contribution < -0.4 is 5.32 Å². The van der Waals surface area contributed by atoms with Crippen molar-refractivity contribution in [2.45, 2.75) is 24.0 Å². The first-order valence-corrected chi connectivity index (χ1v) is 12.1. The fourth-order valence-corrected chi connectivity index (χ4v) is 5.51. The zero-order valence-electron chi connectivity index (χ0n) is 16.9. The summed E-state index contributed by atoms with van der Waals surface area (Å²) in [7, 11) is -4.06. The van der Waals surface area contributed by atoms with Gasteiger partial charge in [-0.3, -0.25) is 0 Å².